The summed E-state index contributed by atoms with van der Waals surface area (Å²) in [5.74, 6) is 1.38. The average molecular weight is 463 g/mol. The number of nitrogens with zero attached hydrogens (tertiary/aromatic N) is 2. The summed E-state index contributed by atoms with van der Waals surface area (Å²) < 4.78 is 5.34. The molecule has 3 aromatic rings. The highest BCUT2D eigenvalue weighted by Crippen LogP contribution is 2.20. The van der Waals surface area contributed by atoms with Crippen LogP contribution in [0.1, 0.15) is 37.1 Å². The number of amides is 2. The minimum Gasteiger partial charge on any atom is -0.496 e. The predicted octanol–water partition coefficient (Wildman–Crippen LogP) is 2.60. The largest absolute Gasteiger partial charge is 0.496 e. The van der Waals surface area contributed by atoms with Crippen LogP contribution in [0.3, 0.4) is 0 Å². The molecule has 1 saturated heterocycles. The molecule has 2 heterocycles. The Labute approximate surface area is 198 Å². The molecular weight excluding hydrogens is 432 g/mol. The van der Waals surface area contributed by atoms with Crippen molar-refractivity contribution in [1.29, 1.82) is 0 Å². The van der Waals surface area contributed by atoms with E-state index in [0.29, 0.717) is 55.5 Å². The third kappa shape index (κ3) is 5.81. The summed E-state index contributed by atoms with van der Waals surface area (Å²) in [7, 11) is 1.61. The van der Waals surface area contributed by atoms with Crippen LogP contribution in [0.15, 0.2) is 53.3 Å². The molecule has 0 aliphatic carbocycles. The maximum atomic E-state index is 12.7. The fourth-order valence-corrected chi connectivity index (χ4v) is 4.37. The molecule has 8 heteroatoms. The first-order valence-corrected chi connectivity index (χ1v) is 11.7. The molecule has 1 fully saturated rings. The number of aryl methyl sites for hydroxylation is 1. The van der Waals surface area contributed by atoms with E-state index in [-0.39, 0.29) is 23.4 Å². The first kappa shape index (κ1) is 23.5. The molecule has 0 spiro atoms. The third-order valence-corrected chi connectivity index (χ3v) is 6.23. The van der Waals surface area contributed by atoms with Gasteiger partial charge in [0.1, 0.15) is 11.6 Å². The van der Waals surface area contributed by atoms with Gasteiger partial charge in [-0.05, 0) is 37.5 Å². The van der Waals surface area contributed by atoms with E-state index in [1.807, 2.05) is 47.4 Å². The van der Waals surface area contributed by atoms with Gasteiger partial charge in [0.25, 0.3) is 5.56 Å². The van der Waals surface area contributed by atoms with Crippen LogP contribution < -0.4 is 15.6 Å². The molecule has 4 rings (SSSR count). The van der Waals surface area contributed by atoms with Gasteiger partial charge in [0, 0.05) is 37.5 Å². The number of ether oxygens (including phenoxy) is 1. The minimum absolute atomic E-state index is 0.0121. The molecule has 1 aliphatic rings. The van der Waals surface area contributed by atoms with Gasteiger partial charge >= 0.3 is 0 Å². The lowest BCUT2D eigenvalue weighted by molar-refractivity contribution is -0.131. The Morgan fingerprint density at radius 2 is 1.85 bits per heavy atom. The van der Waals surface area contributed by atoms with Crippen molar-refractivity contribution in [3.63, 3.8) is 0 Å². The molecule has 2 amide bonds. The van der Waals surface area contributed by atoms with E-state index >= 15 is 0 Å². The predicted molar refractivity (Wildman–Crippen MR) is 130 cm³/mol. The third-order valence-electron chi connectivity index (χ3n) is 6.23. The maximum absolute atomic E-state index is 12.7. The van der Waals surface area contributed by atoms with Gasteiger partial charge in [0.05, 0.1) is 24.4 Å². The van der Waals surface area contributed by atoms with Gasteiger partial charge < -0.3 is 19.9 Å². The minimum atomic E-state index is -0.155. The van der Waals surface area contributed by atoms with E-state index in [1.54, 1.807) is 13.2 Å². The van der Waals surface area contributed by atoms with Gasteiger partial charge in [-0.25, -0.2) is 4.98 Å². The highest BCUT2D eigenvalue weighted by Gasteiger charge is 2.24. The molecule has 1 aromatic heterocycles. The highest BCUT2D eigenvalue weighted by atomic mass is 16.5. The van der Waals surface area contributed by atoms with Crippen LogP contribution in [0.25, 0.3) is 10.9 Å². The smallest absolute Gasteiger partial charge is 0.258 e. The van der Waals surface area contributed by atoms with Crippen molar-refractivity contribution in [3.05, 3.63) is 70.3 Å². The number of benzene rings is 2. The molecule has 2 aromatic carbocycles. The quantitative estimate of drug-likeness (QED) is 0.536. The molecular formula is C26H30N4O4. The van der Waals surface area contributed by atoms with Crippen LogP contribution in [0.4, 0.5) is 0 Å². The molecule has 0 radical (unpaired) electrons. The number of H-pyrrole nitrogens is 1. The number of carbonyl (C=O) groups excluding carboxylic acids is 2. The number of fused-ring (bicyclic) bond motifs is 1. The Morgan fingerprint density at radius 1 is 1.12 bits per heavy atom. The first-order chi connectivity index (χ1) is 16.5. The number of aromatic amines is 1. The number of aromatic nitrogens is 2. The van der Waals surface area contributed by atoms with Crippen molar-refractivity contribution < 1.29 is 14.3 Å². The van der Waals surface area contributed by atoms with E-state index in [1.165, 1.54) is 0 Å². The summed E-state index contributed by atoms with van der Waals surface area (Å²) in [4.78, 5) is 46.4. The van der Waals surface area contributed by atoms with Crippen LogP contribution in [-0.2, 0) is 22.4 Å². The Bertz CT molecular complexity index is 1210. The second kappa shape index (κ2) is 11.0. The fourth-order valence-electron chi connectivity index (χ4n) is 4.37. The Balaban J connectivity index is 1.19. The standard InChI is InChI=1S/C26H30N4O4/c1-34-22-10-5-2-7-18(22)17-25(32)30-15-13-19(14-16-30)27-24(31)12-6-11-23-28-21-9-4-3-8-20(21)26(33)29-23/h2-5,7-10,19H,6,11-17H2,1H3,(H,27,31)(H,28,29,33). The second-order valence-corrected chi connectivity index (χ2v) is 8.59. The number of carbonyl (C=O) groups is 2. The van der Waals surface area contributed by atoms with Crippen molar-refractivity contribution in [3.8, 4) is 5.75 Å². The van der Waals surface area contributed by atoms with Gasteiger partial charge in [0.15, 0.2) is 0 Å². The van der Waals surface area contributed by atoms with Gasteiger partial charge in [-0.2, -0.15) is 0 Å². The lowest BCUT2D eigenvalue weighted by Gasteiger charge is -2.32. The zero-order valence-corrected chi connectivity index (χ0v) is 19.4. The summed E-state index contributed by atoms with van der Waals surface area (Å²) in [6.45, 7) is 1.25. The molecule has 0 saturated carbocycles. The van der Waals surface area contributed by atoms with Crippen molar-refractivity contribution in [1.82, 2.24) is 20.2 Å². The summed E-state index contributed by atoms with van der Waals surface area (Å²) in [5, 5.41) is 3.65. The number of para-hydroxylation sites is 2. The number of rotatable bonds is 8. The molecule has 178 valence electrons. The van der Waals surface area contributed by atoms with Gasteiger partial charge in [-0.15, -0.1) is 0 Å². The number of nitrogens with one attached hydrogen (secondary N) is 2. The average Bonchev–Trinajstić information content (AvgIpc) is 2.85. The van der Waals surface area contributed by atoms with E-state index in [4.69, 9.17) is 4.74 Å². The van der Waals surface area contributed by atoms with Gasteiger partial charge in [-0.3, -0.25) is 14.4 Å². The molecule has 0 bridgehead atoms. The van der Waals surface area contributed by atoms with E-state index in [2.05, 4.69) is 15.3 Å². The first-order valence-electron chi connectivity index (χ1n) is 11.7. The van der Waals surface area contributed by atoms with Crippen molar-refractivity contribution in [2.75, 3.05) is 20.2 Å². The molecule has 8 nitrogen and oxygen atoms in total. The lowest BCUT2D eigenvalue weighted by Crippen LogP contribution is -2.47. The zero-order chi connectivity index (χ0) is 23.9. The summed E-state index contributed by atoms with van der Waals surface area (Å²) in [6.07, 6.45) is 3.29. The number of hydrogen-bond donors (Lipinski definition) is 2. The van der Waals surface area contributed by atoms with Crippen LogP contribution >= 0.6 is 0 Å². The summed E-state index contributed by atoms with van der Waals surface area (Å²) in [6, 6.07) is 14.9. The van der Waals surface area contributed by atoms with Gasteiger partial charge in [-0.1, -0.05) is 30.3 Å². The Kier molecular flexibility index (Phi) is 7.57. The van der Waals surface area contributed by atoms with E-state index in [0.717, 1.165) is 24.2 Å². The Morgan fingerprint density at radius 3 is 2.65 bits per heavy atom. The fraction of sp³-hybridized carbons (Fsp3) is 0.385. The van der Waals surface area contributed by atoms with Crippen molar-refractivity contribution in [2.45, 2.75) is 44.6 Å². The molecule has 0 unspecified atom stereocenters. The number of hydrogen-bond acceptors (Lipinski definition) is 5. The number of likely N-dealkylation sites (tertiary alicyclic amines) is 1. The van der Waals surface area contributed by atoms with Crippen LogP contribution in [0.5, 0.6) is 5.75 Å². The SMILES string of the molecule is COc1ccccc1CC(=O)N1CCC(NC(=O)CCCc2nc3ccccc3c(=O)[nH]2)CC1. The molecule has 1 aliphatic heterocycles. The topological polar surface area (TPSA) is 104 Å². The zero-order valence-electron chi connectivity index (χ0n) is 19.4. The second-order valence-electron chi connectivity index (χ2n) is 8.59. The van der Waals surface area contributed by atoms with E-state index < -0.39 is 0 Å². The number of piperidine rings is 1. The molecule has 2 N–H and O–H groups in total. The van der Waals surface area contributed by atoms with E-state index in [9.17, 15) is 14.4 Å². The van der Waals surface area contributed by atoms with Crippen molar-refractivity contribution in [2.24, 2.45) is 0 Å². The molecule has 0 atom stereocenters. The molecule has 34 heavy (non-hydrogen) atoms. The van der Waals surface area contributed by atoms with Gasteiger partial charge in [0.2, 0.25) is 11.8 Å². The Hall–Kier alpha value is -3.68. The summed E-state index contributed by atoms with van der Waals surface area (Å²) >= 11 is 0. The number of methoxy groups -OCH3 is 1. The van der Waals surface area contributed by atoms with Crippen LogP contribution in [0.2, 0.25) is 0 Å². The monoisotopic (exact) mass is 462 g/mol. The lowest BCUT2D eigenvalue weighted by atomic mass is 10.0. The highest BCUT2D eigenvalue weighted by molar-refractivity contribution is 5.80. The van der Waals surface area contributed by atoms with Crippen LogP contribution in [0, 0.1) is 0 Å². The maximum Gasteiger partial charge on any atom is 0.258 e. The normalized spacial score (nSPS) is 14.2. The van der Waals surface area contributed by atoms with Crippen molar-refractivity contribution >= 4 is 22.7 Å². The summed E-state index contributed by atoms with van der Waals surface area (Å²) in [5.41, 5.74) is 1.39. The van der Waals surface area contributed by atoms with Crippen LogP contribution in [-0.4, -0.2) is 52.9 Å².